The van der Waals surface area contributed by atoms with E-state index < -0.39 is 5.82 Å². The van der Waals surface area contributed by atoms with Gasteiger partial charge in [-0.3, -0.25) is 9.59 Å². The van der Waals surface area contributed by atoms with Gasteiger partial charge in [-0.05, 0) is 51.3 Å². The van der Waals surface area contributed by atoms with E-state index in [0.717, 1.165) is 30.2 Å². The molecule has 0 spiro atoms. The first-order chi connectivity index (χ1) is 14.0. The highest BCUT2D eigenvalue weighted by atomic mass is 19.1. The summed E-state index contributed by atoms with van der Waals surface area (Å²) < 4.78 is 16.0. The summed E-state index contributed by atoms with van der Waals surface area (Å²) >= 11 is 0. The molecule has 1 aromatic heterocycles. The molecule has 2 atom stereocenters. The summed E-state index contributed by atoms with van der Waals surface area (Å²) in [6.07, 6.45) is 4.86. The van der Waals surface area contributed by atoms with Gasteiger partial charge in [0.05, 0.1) is 5.56 Å². The van der Waals surface area contributed by atoms with Crippen LogP contribution in [0.2, 0.25) is 0 Å². The molecule has 0 aliphatic carbocycles. The number of nitrogens with zero attached hydrogens (tertiary/aromatic N) is 2. The first-order valence-corrected chi connectivity index (χ1v) is 10.2. The van der Waals surface area contributed by atoms with Crippen molar-refractivity contribution in [1.82, 2.24) is 9.47 Å². The van der Waals surface area contributed by atoms with Crippen LogP contribution >= 0.6 is 0 Å². The second-order valence-electron chi connectivity index (χ2n) is 7.93. The van der Waals surface area contributed by atoms with Crippen LogP contribution in [0.3, 0.4) is 0 Å². The van der Waals surface area contributed by atoms with E-state index in [-0.39, 0.29) is 35.9 Å². The van der Waals surface area contributed by atoms with Gasteiger partial charge in [0.2, 0.25) is 5.91 Å². The summed E-state index contributed by atoms with van der Waals surface area (Å²) in [7, 11) is 0. The van der Waals surface area contributed by atoms with Crippen molar-refractivity contribution in [2.75, 3.05) is 0 Å². The van der Waals surface area contributed by atoms with Crippen LogP contribution in [-0.4, -0.2) is 33.2 Å². The third-order valence-electron chi connectivity index (χ3n) is 5.94. The van der Waals surface area contributed by atoms with Gasteiger partial charge in [-0.1, -0.05) is 30.3 Å². The Morgan fingerprint density at radius 3 is 2.34 bits per heavy atom. The predicted octanol–water partition coefficient (Wildman–Crippen LogP) is 4.80. The molecule has 5 heteroatoms. The molecule has 1 fully saturated rings. The van der Waals surface area contributed by atoms with E-state index in [9.17, 15) is 14.0 Å². The summed E-state index contributed by atoms with van der Waals surface area (Å²) in [5, 5.41) is 0.730. The normalized spacial score (nSPS) is 19.5. The van der Waals surface area contributed by atoms with Crippen LogP contribution in [0.5, 0.6) is 0 Å². The quantitative estimate of drug-likeness (QED) is 0.599. The van der Waals surface area contributed by atoms with Gasteiger partial charge in [0, 0.05) is 34.7 Å². The minimum atomic E-state index is -0.540. The van der Waals surface area contributed by atoms with Gasteiger partial charge in [-0.25, -0.2) is 4.39 Å². The molecule has 4 rings (SSSR count). The third-order valence-corrected chi connectivity index (χ3v) is 5.94. The molecule has 4 nitrogen and oxygen atoms in total. The van der Waals surface area contributed by atoms with Crippen LogP contribution in [0.4, 0.5) is 4.39 Å². The number of hydrogen-bond donors (Lipinski definition) is 0. The average Bonchev–Trinajstić information content (AvgIpc) is 3.06. The van der Waals surface area contributed by atoms with Gasteiger partial charge in [-0.2, -0.15) is 0 Å². The Hall–Kier alpha value is -2.95. The smallest absolute Gasteiger partial charge is 0.242 e. The molecule has 0 unspecified atom stereocenters. The number of benzene rings is 2. The van der Waals surface area contributed by atoms with Crippen LogP contribution in [-0.2, 0) is 11.3 Å². The van der Waals surface area contributed by atoms with Gasteiger partial charge in [0.1, 0.15) is 12.4 Å². The van der Waals surface area contributed by atoms with Crippen molar-refractivity contribution in [3.05, 3.63) is 71.7 Å². The molecule has 3 aromatic rings. The Balaban J connectivity index is 1.70. The summed E-state index contributed by atoms with van der Waals surface area (Å²) in [6, 6.07) is 13.9. The molecule has 0 bridgehead atoms. The minimum absolute atomic E-state index is 0.0417. The average molecular weight is 392 g/mol. The maximum Gasteiger partial charge on any atom is 0.242 e. The zero-order valence-corrected chi connectivity index (χ0v) is 16.8. The Morgan fingerprint density at radius 2 is 1.62 bits per heavy atom. The van der Waals surface area contributed by atoms with Gasteiger partial charge in [0.15, 0.2) is 5.78 Å². The molecule has 2 heterocycles. The van der Waals surface area contributed by atoms with E-state index in [0.29, 0.717) is 5.56 Å². The number of fused-ring (bicyclic) bond motifs is 1. The van der Waals surface area contributed by atoms with E-state index in [2.05, 4.69) is 13.8 Å². The standard InChI is InChI=1S/C24H25FN2O2/c1-16-8-7-9-17(2)27(16)23(28)15-26-14-20(18-10-4-6-13-22(18)26)24(29)19-11-3-5-12-21(19)25/h3-6,10-14,16-17H,7-9,15H2,1-2H3/t16-,17+. The van der Waals surface area contributed by atoms with Crippen LogP contribution in [0.1, 0.15) is 49.0 Å². The summed E-state index contributed by atoms with van der Waals surface area (Å²) in [5.41, 5.74) is 1.26. The monoisotopic (exact) mass is 392 g/mol. The largest absolute Gasteiger partial charge is 0.337 e. The molecule has 0 N–H and O–H groups in total. The van der Waals surface area contributed by atoms with E-state index in [1.54, 1.807) is 18.3 Å². The number of carbonyl (C=O) groups is 2. The molecule has 1 saturated heterocycles. The summed E-state index contributed by atoms with van der Waals surface area (Å²) in [5.74, 6) is -0.859. The molecule has 1 aliphatic heterocycles. The molecule has 0 radical (unpaired) electrons. The molecule has 1 amide bonds. The predicted molar refractivity (Wildman–Crippen MR) is 111 cm³/mol. The number of rotatable bonds is 4. The van der Waals surface area contributed by atoms with Crippen molar-refractivity contribution in [3.8, 4) is 0 Å². The molecule has 150 valence electrons. The van der Waals surface area contributed by atoms with Gasteiger partial charge in [0.25, 0.3) is 0 Å². The fourth-order valence-electron chi connectivity index (χ4n) is 4.49. The number of likely N-dealkylation sites (tertiary alicyclic amines) is 1. The van der Waals surface area contributed by atoms with Gasteiger partial charge >= 0.3 is 0 Å². The van der Waals surface area contributed by atoms with Crippen molar-refractivity contribution in [2.24, 2.45) is 0 Å². The van der Waals surface area contributed by atoms with E-state index in [4.69, 9.17) is 0 Å². The molecule has 0 saturated carbocycles. The molecular formula is C24H25FN2O2. The Labute approximate surface area is 169 Å². The van der Waals surface area contributed by atoms with E-state index in [1.807, 2.05) is 33.7 Å². The van der Waals surface area contributed by atoms with Crippen molar-refractivity contribution in [1.29, 1.82) is 0 Å². The second-order valence-corrected chi connectivity index (χ2v) is 7.93. The Kier molecular flexibility index (Phi) is 5.22. The molecular weight excluding hydrogens is 367 g/mol. The first-order valence-electron chi connectivity index (χ1n) is 10.2. The Morgan fingerprint density at radius 1 is 0.966 bits per heavy atom. The van der Waals surface area contributed by atoms with Crippen molar-refractivity contribution in [2.45, 2.75) is 51.7 Å². The molecule has 2 aromatic carbocycles. The molecule has 29 heavy (non-hydrogen) atoms. The van der Waals surface area contributed by atoms with Crippen molar-refractivity contribution >= 4 is 22.6 Å². The lowest BCUT2D eigenvalue weighted by Crippen LogP contribution is -2.48. The maximum atomic E-state index is 14.2. The van der Waals surface area contributed by atoms with E-state index >= 15 is 0 Å². The third kappa shape index (κ3) is 3.57. The highest BCUT2D eigenvalue weighted by molar-refractivity contribution is 6.16. The highest BCUT2D eigenvalue weighted by Crippen LogP contribution is 2.27. The summed E-state index contributed by atoms with van der Waals surface area (Å²) in [4.78, 5) is 28.1. The lowest BCUT2D eigenvalue weighted by Gasteiger charge is -2.39. The number of halogens is 1. The SMILES string of the molecule is C[C@@H]1CCC[C@H](C)N1C(=O)Cn1cc(C(=O)c2ccccc2F)c2ccccc21. The van der Waals surface area contributed by atoms with Crippen LogP contribution in [0, 0.1) is 5.82 Å². The van der Waals surface area contributed by atoms with Gasteiger partial charge < -0.3 is 9.47 Å². The number of carbonyl (C=O) groups excluding carboxylic acids is 2. The lowest BCUT2D eigenvalue weighted by molar-refractivity contribution is -0.137. The van der Waals surface area contributed by atoms with Crippen molar-refractivity contribution in [3.63, 3.8) is 0 Å². The number of para-hydroxylation sites is 1. The number of hydrogen-bond acceptors (Lipinski definition) is 2. The Bertz CT molecular complexity index is 1060. The lowest BCUT2D eigenvalue weighted by atomic mass is 9.97. The molecule has 1 aliphatic rings. The first kappa shape index (κ1) is 19.4. The van der Waals surface area contributed by atoms with Crippen molar-refractivity contribution < 1.29 is 14.0 Å². The highest BCUT2D eigenvalue weighted by Gasteiger charge is 2.29. The maximum absolute atomic E-state index is 14.2. The number of piperidine rings is 1. The number of amides is 1. The fourth-order valence-corrected chi connectivity index (χ4v) is 4.49. The van der Waals surface area contributed by atoms with Crippen LogP contribution in [0.15, 0.2) is 54.7 Å². The van der Waals surface area contributed by atoms with Crippen LogP contribution in [0.25, 0.3) is 10.9 Å². The number of aromatic nitrogens is 1. The topological polar surface area (TPSA) is 42.3 Å². The number of ketones is 1. The van der Waals surface area contributed by atoms with E-state index in [1.165, 1.54) is 12.1 Å². The zero-order valence-electron chi connectivity index (χ0n) is 16.8. The zero-order chi connectivity index (χ0) is 20.5. The van der Waals surface area contributed by atoms with Gasteiger partial charge in [-0.15, -0.1) is 0 Å². The second kappa shape index (κ2) is 7.82. The minimum Gasteiger partial charge on any atom is -0.337 e. The fraction of sp³-hybridized carbons (Fsp3) is 0.333. The summed E-state index contributed by atoms with van der Waals surface area (Å²) in [6.45, 7) is 4.35. The van der Waals surface area contributed by atoms with Crippen LogP contribution < -0.4 is 0 Å².